The van der Waals surface area contributed by atoms with Gasteiger partial charge in [0, 0.05) is 51.4 Å². The molecule has 5 nitrogen and oxygen atoms in total. The largest absolute Gasteiger partial charge is 0.416 e. The number of likely N-dealkylation sites (tertiary alicyclic amines) is 1. The van der Waals surface area contributed by atoms with Crippen molar-refractivity contribution in [3.05, 3.63) is 29.3 Å². The lowest BCUT2D eigenvalue weighted by molar-refractivity contribution is -0.137. The maximum absolute atomic E-state index is 12.8. The fourth-order valence-electron chi connectivity index (χ4n) is 4.65. The molecule has 3 fully saturated rings. The zero-order valence-electron chi connectivity index (χ0n) is 15.8. The molecule has 9 heteroatoms. The second-order valence-corrected chi connectivity index (χ2v) is 10.4. The molecule has 0 radical (unpaired) electrons. The fourth-order valence-corrected chi connectivity index (χ4v) is 6.52. The van der Waals surface area contributed by atoms with E-state index < -0.39 is 21.8 Å². The van der Waals surface area contributed by atoms with Crippen molar-refractivity contribution in [3.63, 3.8) is 0 Å². The highest BCUT2D eigenvalue weighted by Crippen LogP contribution is 2.43. The molecule has 0 atom stereocenters. The Hall–Kier alpha value is -1.16. The Morgan fingerprint density at radius 3 is 2.36 bits per heavy atom. The predicted molar refractivity (Wildman–Crippen MR) is 97.4 cm³/mol. The molecule has 0 N–H and O–H groups in total. The first-order valence-corrected chi connectivity index (χ1v) is 11.0. The van der Waals surface area contributed by atoms with Gasteiger partial charge in [-0.2, -0.15) is 17.5 Å². The number of benzene rings is 1. The molecule has 156 valence electrons. The van der Waals surface area contributed by atoms with Crippen LogP contribution >= 0.6 is 0 Å². The van der Waals surface area contributed by atoms with Crippen LogP contribution in [0, 0.1) is 18.3 Å². The Morgan fingerprint density at radius 2 is 1.79 bits per heavy atom. The number of halogens is 3. The van der Waals surface area contributed by atoms with E-state index in [9.17, 15) is 21.6 Å². The first-order valence-electron chi connectivity index (χ1n) is 9.57. The van der Waals surface area contributed by atoms with Gasteiger partial charge in [0.1, 0.15) is 0 Å². The summed E-state index contributed by atoms with van der Waals surface area (Å²) in [6.07, 6.45) is -2.32. The third kappa shape index (κ3) is 3.69. The van der Waals surface area contributed by atoms with Gasteiger partial charge >= 0.3 is 6.18 Å². The van der Waals surface area contributed by atoms with E-state index in [-0.39, 0.29) is 15.9 Å². The quantitative estimate of drug-likeness (QED) is 0.755. The lowest BCUT2D eigenvalue weighted by Crippen LogP contribution is -2.73. The first kappa shape index (κ1) is 20.1. The van der Waals surface area contributed by atoms with Gasteiger partial charge in [-0.15, -0.1) is 0 Å². The van der Waals surface area contributed by atoms with Crippen LogP contribution in [0.5, 0.6) is 0 Å². The molecule has 3 aliphatic heterocycles. The van der Waals surface area contributed by atoms with Crippen LogP contribution in [-0.4, -0.2) is 63.6 Å². The van der Waals surface area contributed by atoms with E-state index >= 15 is 0 Å². The van der Waals surface area contributed by atoms with Crippen LogP contribution in [0.4, 0.5) is 13.2 Å². The standard InChI is InChI=1S/C19H25F3N2O3S/c1-14-8-16(19(20,21)22)2-3-17(14)28(25,26)24-12-18(13-24)10-23(11-18)9-15-4-6-27-7-5-15/h2-3,8,15H,4-7,9-13H2,1H3. The van der Waals surface area contributed by atoms with Gasteiger partial charge in [0.2, 0.25) is 10.0 Å². The molecule has 0 aliphatic carbocycles. The summed E-state index contributed by atoms with van der Waals surface area (Å²) in [6, 6.07) is 2.83. The molecule has 3 saturated heterocycles. The first-order chi connectivity index (χ1) is 13.1. The van der Waals surface area contributed by atoms with E-state index in [0.717, 1.165) is 63.9 Å². The molecular weight excluding hydrogens is 393 g/mol. The number of ether oxygens (including phenoxy) is 1. The number of sulfonamides is 1. The van der Waals surface area contributed by atoms with E-state index in [2.05, 4.69) is 4.90 Å². The van der Waals surface area contributed by atoms with Crippen LogP contribution in [-0.2, 0) is 20.9 Å². The molecule has 0 aromatic heterocycles. The van der Waals surface area contributed by atoms with E-state index in [1.165, 1.54) is 11.2 Å². The zero-order chi connectivity index (χ0) is 20.2. The Balaban J connectivity index is 1.35. The van der Waals surface area contributed by atoms with Crippen molar-refractivity contribution in [3.8, 4) is 0 Å². The van der Waals surface area contributed by atoms with E-state index in [1.807, 2.05) is 0 Å². The summed E-state index contributed by atoms with van der Waals surface area (Å²) >= 11 is 0. The highest BCUT2D eigenvalue weighted by Gasteiger charge is 2.55. The number of alkyl halides is 3. The molecule has 4 rings (SSSR count). The van der Waals surface area contributed by atoms with Gasteiger partial charge in [-0.25, -0.2) is 8.42 Å². The van der Waals surface area contributed by atoms with Gasteiger partial charge < -0.3 is 9.64 Å². The van der Waals surface area contributed by atoms with Crippen molar-refractivity contribution < 1.29 is 26.3 Å². The molecule has 0 bridgehead atoms. The van der Waals surface area contributed by atoms with Crippen molar-refractivity contribution in [1.82, 2.24) is 9.21 Å². The number of hydrogen-bond donors (Lipinski definition) is 0. The number of nitrogens with zero attached hydrogens (tertiary/aromatic N) is 2. The summed E-state index contributed by atoms with van der Waals surface area (Å²) in [4.78, 5) is 2.34. The van der Waals surface area contributed by atoms with E-state index in [0.29, 0.717) is 19.0 Å². The van der Waals surface area contributed by atoms with Crippen molar-refractivity contribution in [2.75, 3.05) is 45.9 Å². The van der Waals surface area contributed by atoms with Crippen molar-refractivity contribution in [2.45, 2.75) is 30.8 Å². The zero-order valence-corrected chi connectivity index (χ0v) is 16.7. The third-order valence-electron chi connectivity index (χ3n) is 6.12. The number of hydrogen-bond acceptors (Lipinski definition) is 4. The second kappa shape index (κ2) is 6.97. The molecule has 3 heterocycles. The number of rotatable bonds is 4. The summed E-state index contributed by atoms with van der Waals surface area (Å²) in [5.41, 5.74) is -0.685. The summed E-state index contributed by atoms with van der Waals surface area (Å²) < 4.78 is 70.9. The summed E-state index contributed by atoms with van der Waals surface area (Å²) in [6.45, 7) is 6.77. The highest BCUT2D eigenvalue weighted by atomic mass is 32.2. The van der Waals surface area contributed by atoms with Gasteiger partial charge in [0.25, 0.3) is 0 Å². The fraction of sp³-hybridized carbons (Fsp3) is 0.684. The molecule has 1 spiro atoms. The molecule has 1 aromatic rings. The molecule has 1 aromatic carbocycles. The lowest BCUT2D eigenvalue weighted by Gasteiger charge is -2.60. The van der Waals surface area contributed by atoms with Gasteiger partial charge in [-0.1, -0.05) is 0 Å². The van der Waals surface area contributed by atoms with Crippen LogP contribution in [0.25, 0.3) is 0 Å². The summed E-state index contributed by atoms with van der Waals surface area (Å²) in [5.74, 6) is 0.654. The van der Waals surface area contributed by atoms with Crippen LogP contribution in [0.3, 0.4) is 0 Å². The van der Waals surface area contributed by atoms with E-state index in [4.69, 9.17) is 4.74 Å². The monoisotopic (exact) mass is 418 g/mol. The summed E-state index contributed by atoms with van der Waals surface area (Å²) in [5, 5.41) is 0. The Morgan fingerprint density at radius 1 is 1.14 bits per heavy atom. The average Bonchev–Trinajstić information content (AvgIpc) is 2.55. The Bertz CT molecular complexity index is 836. The van der Waals surface area contributed by atoms with Gasteiger partial charge in [-0.3, -0.25) is 0 Å². The second-order valence-electron chi connectivity index (χ2n) is 8.48. The van der Waals surface area contributed by atoms with Crippen molar-refractivity contribution in [2.24, 2.45) is 11.3 Å². The van der Waals surface area contributed by atoms with E-state index in [1.54, 1.807) is 0 Å². The van der Waals surface area contributed by atoms with Gasteiger partial charge in [-0.05, 0) is 49.4 Å². The van der Waals surface area contributed by atoms with Crippen LogP contribution in [0.2, 0.25) is 0 Å². The van der Waals surface area contributed by atoms with Crippen molar-refractivity contribution in [1.29, 1.82) is 0 Å². The normalized spacial score (nSPS) is 24.1. The SMILES string of the molecule is Cc1cc(C(F)(F)F)ccc1S(=O)(=O)N1CC2(CN(CC3CCOCC3)C2)C1. The maximum atomic E-state index is 12.8. The maximum Gasteiger partial charge on any atom is 0.416 e. The minimum absolute atomic E-state index is 0.0120. The van der Waals surface area contributed by atoms with Gasteiger partial charge in [0.05, 0.1) is 10.5 Å². The van der Waals surface area contributed by atoms with Gasteiger partial charge in [0.15, 0.2) is 0 Å². The number of aryl methyl sites for hydroxylation is 1. The molecular formula is C19H25F3N2O3S. The topological polar surface area (TPSA) is 49.9 Å². The minimum atomic E-state index is -4.48. The highest BCUT2D eigenvalue weighted by molar-refractivity contribution is 7.89. The van der Waals surface area contributed by atoms with Crippen LogP contribution in [0.15, 0.2) is 23.1 Å². The van der Waals surface area contributed by atoms with Crippen LogP contribution < -0.4 is 0 Å². The predicted octanol–water partition coefficient (Wildman–Crippen LogP) is 2.75. The minimum Gasteiger partial charge on any atom is -0.381 e. The molecule has 0 unspecified atom stereocenters. The molecule has 0 amide bonds. The molecule has 28 heavy (non-hydrogen) atoms. The average molecular weight is 418 g/mol. The Labute approximate surface area is 163 Å². The summed E-state index contributed by atoms with van der Waals surface area (Å²) in [7, 11) is -3.76. The van der Waals surface area contributed by atoms with Crippen molar-refractivity contribution >= 4 is 10.0 Å². The lowest BCUT2D eigenvalue weighted by atomic mass is 9.74. The molecule has 0 saturated carbocycles. The smallest absolute Gasteiger partial charge is 0.381 e. The van der Waals surface area contributed by atoms with Crippen LogP contribution in [0.1, 0.15) is 24.0 Å². The molecule has 3 aliphatic rings. The third-order valence-corrected chi connectivity index (χ3v) is 8.07. The Kier molecular flexibility index (Phi) is 5.01.